The van der Waals surface area contributed by atoms with E-state index in [1.807, 2.05) is 6.07 Å². The van der Waals surface area contributed by atoms with Gasteiger partial charge in [0.1, 0.15) is 11.9 Å². The van der Waals surface area contributed by atoms with E-state index in [9.17, 15) is 9.18 Å². The average Bonchev–Trinajstić information content (AvgIpc) is 3.09. The number of ether oxygens (including phenoxy) is 1. The second-order valence-corrected chi connectivity index (χ2v) is 4.95. The Morgan fingerprint density at radius 3 is 2.83 bits per heavy atom. The van der Waals surface area contributed by atoms with Crippen molar-refractivity contribution in [1.82, 2.24) is 14.8 Å². The van der Waals surface area contributed by atoms with Crippen LogP contribution in [0.2, 0.25) is 0 Å². The third-order valence-corrected chi connectivity index (χ3v) is 3.37. The van der Waals surface area contributed by atoms with Gasteiger partial charge >= 0.3 is 5.97 Å². The van der Waals surface area contributed by atoms with Crippen molar-refractivity contribution in [2.45, 2.75) is 13.0 Å². The van der Waals surface area contributed by atoms with Crippen molar-refractivity contribution in [3.05, 3.63) is 78.1 Å². The lowest BCUT2D eigenvalue weighted by Gasteiger charge is -2.15. The van der Waals surface area contributed by atoms with Crippen LogP contribution in [0.25, 0.3) is 5.69 Å². The zero-order valence-electron chi connectivity index (χ0n) is 12.4. The summed E-state index contributed by atoms with van der Waals surface area (Å²) >= 11 is 0. The van der Waals surface area contributed by atoms with Crippen LogP contribution in [-0.4, -0.2) is 20.7 Å². The van der Waals surface area contributed by atoms with Gasteiger partial charge in [-0.05, 0) is 37.3 Å². The smallest absolute Gasteiger partial charge is 0.341 e. The zero-order chi connectivity index (χ0) is 16.2. The fourth-order valence-corrected chi connectivity index (χ4v) is 2.19. The Morgan fingerprint density at radius 2 is 2.13 bits per heavy atom. The lowest BCUT2D eigenvalue weighted by molar-refractivity contribution is 0.0336. The molecule has 1 atom stereocenters. The second kappa shape index (κ2) is 6.39. The summed E-state index contributed by atoms with van der Waals surface area (Å²) in [5.41, 5.74) is 1.34. The lowest BCUT2D eigenvalue weighted by atomic mass is 10.1. The van der Waals surface area contributed by atoms with Crippen molar-refractivity contribution in [2.75, 3.05) is 0 Å². The van der Waals surface area contributed by atoms with Gasteiger partial charge in [0.05, 0.1) is 11.3 Å². The third kappa shape index (κ3) is 3.26. The molecule has 0 bridgehead atoms. The Balaban J connectivity index is 1.89. The Hall–Kier alpha value is -3.02. The third-order valence-electron chi connectivity index (χ3n) is 3.37. The molecule has 1 aromatic carbocycles. The topological polar surface area (TPSA) is 57.0 Å². The van der Waals surface area contributed by atoms with Crippen LogP contribution in [0.5, 0.6) is 0 Å². The van der Waals surface area contributed by atoms with Crippen molar-refractivity contribution < 1.29 is 13.9 Å². The van der Waals surface area contributed by atoms with E-state index in [1.54, 1.807) is 43.8 Å². The van der Waals surface area contributed by atoms with Gasteiger partial charge in [-0.1, -0.05) is 6.07 Å². The Bertz CT molecular complexity index is 804. The fourth-order valence-electron chi connectivity index (χ4n) is 2.19. The zero-order valence-corrected chi connectivity index (χ0v) is 12.4. The quantitative estimate of drug-likeness (QED) is 0.694. The van der Waals surface area contributed by atoms with E-state index in [0.29, 0.717) is 5.69 Å². The highest BCUT2D eigenvalue weighted by Gasteiger charge is 2.19. The van der Waals surface area contributed by atoms with Gasteiger partial charge in [0.2, 0.25) is 0 Å². The molecule has 116 valence electrons. The molecule has 3 aromatic rings. The molecule has 6 heteroatoms. The van der Waals surface area contributed by atoms with Crippen LogP contribution >= 0.6 is 0 Å². The SMILES string of the molecule is CC(OC(=O)c1cc(F)ccc1-n1cccn1)c1cccnc1. The maximum atomic E-state index is 13.6. The molecule has 2 aromatic heterocycles. The molecule has 1 unspecified atom stereocenters. The number of aromatic nitrogens is 3. The maximum Gasteiger partial charge on any atom is 0.341 e. The van der Waals surface area contributed by atoms with Crippen LogP contribution in [0.4, 0.5) is 4.39 Å². The molecule has 0 saturated heterocycles. The van der Waals surface area contributed by atoms with E-state index >= 15 is 0 Å². The van der Waals surface area contributed by atoms with E-state index in [2.05, 4.69) is 10.1 Å². The minimum absolute atomic E-state index is 0.115. The maximum absolute atomic E-state index is 13.6. The summed E-state index contributed by atoms with van der Waals surface area (Å²) in [7, 11) is 0. The molecule has 0 aliphatic rings. The number of benzene rings is 1. The van der Waals surface area contributed by atoms with Crippen molar-refractivity contribution in [3.8, 4) is 5.69 Å². The Morgan fingerprint density at radius 1 is 1.26 bits per heavy atom. The number of nitrogens with zero attached hydrogens (tertiary/aromatic N) is 3. The van der Waals surface area contributed by atoms with Gasteiger partial charge in [0.15, 0.2) is 0 Å². The fraction of sp³-hybridized carbons (Fsp3) is 0.118. The van der Waals surface area contributed by atoms with Gasteiger partial charge in [-0.3, -0.25) is 4.98 Å². The summed E-state index contributed by atoms with van der Waals surface area (Å²) in [5.74, 6) is -1.13. The van der Waals surface area contributed by atoms with Gasteiger partial charge in [0, 0.05) is 30.4 Å². The van der Waals surface area contributed by atoms with Crippen LogP contribution in [0.15, 0.2) is 61.2 Å². The average molecular weight is 311 g/mol. The molecular weight excluding hydrogens is 297 g/mol. The molecule has 0 aliphatic heterocycles. The van der Waals surface area contributed by atoms with E-state index < -0.39 is 17.9 Å². The van der Waals surface area contributed by atoms with Crippen molar-refractivity contribution in [2.24, 2.45) is 0 Å². The van der Waals surface area contributed by atoms with Gasteiger partial charge in [-0.2, -0.15) is 5.10 Å². The normalized spacial score (nSPS) is 11.9. The van der Waals surface area contributed by atoms with Crippen molar-refractivity contribution in [3.63, 3.8) is 0 Å². The highest BCUT2D eigenvalue weighted by Crippen LogP contribution is 2.21. The number of hydrogen-bond acceptors (Lipinski definition) is 4. The largest absolute Gasteiger partial charge is 0.454 e. The van der Waals surface area contributed by atoms with Crippen molar-refractivity contribution >= 4 is 5.97 Å². The minimum Gasteiger partial charge on any atom is -0.454 e. The number of carbonyl (C=O) groups excluding carboxylic acids is 1. The molecular formula is C17H14FN3O2. The second-order valence-electron chi connectivity index (χ2n) is 4.95. The summed E-state index contributed by atoms with van der Waals surface area (Å²) < 4.78 is 20.5. The number of pyridine rings is 1. The molecule has 0 radical (unpaired) electrons. The van der Waals surface area contributed by atoms with E-state index in [0.717, 1.165) is 11.6 Å². The summed E-state index contributed by atoms with van der Waals surface area (Å²) in [6, 6.07) is 9.21. The Kier molecular flexibility index (Phi) is 4.14. The molecule has 0 aliphatic carbocycles. The number of hydrogen-bond donors (Lipinski definition) is 0. The highest BCUT2D eigenvalue weighted by molar-refractivity contribution is 5.93. The Labute approximate surface area is 132 Å². The van der Waals surface area contributed by atoms with Crippen LogP contribution in [0.3, 0.4) is 0 Å². The predicted molar refractivity (Wildman–Crippen MR) is 81.6 cm³/mol. The molecule has 0 amide bonds. The number of halogens is 1. The van der Waals surface area contributed by atoms with Gasteiger partial charge < -0.3 is 4.74 Å². The molecule has 0 saturated carbocycles. The standard InChI is InChI=1S/C17H14FN3O2/c1-12(13-4-2-7-19-11-13)23-17(22)15-10-14(18)5-6-16(15)21-9-3-8-20-21/h2-12H,1H3. The van der Waals surface area contributed by atoms with Gasteiger partial charge in [-0.25, -0.2) is 13.9 Å². The molecule has 5 nitrogen and oxygen atoms in total. The first-order valence-electron chi connectivity index (χ1n) is 7.05. The van der Waals surface area contributed by atoms with Crippen LogP contribution in [0.1, 0.15) is 28.9 Å². The molecule has 2 heterocycles. The first-order chi connectivity index (χ1) is 11.1. The number of esters is 1. The van der Waals surface area contributed by atoms with Gasteiger partial charge in [-0.15, -0.1) is 0 Å². The molecule has 3 rings (SSSR count). The molecule has 0 spiro atoms. The predicted octanol–water partition coefficient (Wildman–Crippen LogP) is 3.32. The van der Waals surface area contributed by atoms with Crippen molar-refractivity contribution in [1.29, 1.82) is 0 Å². The van der Waals surface area contributed by atoms with E-state index in [-0.39, 0.29) is 5.56 Å². The monoisotopic (exact) mass is 311 g/mol. The summed E-state index contributed by atoms with van der Waals surface area (Å²) in [4.78, 5) is 16.4. The minimum atomic E-state index is -0.619. The van der Waals surface area contributed by atoms with E-state index in [4.69, 9.17) is 4.74 Å². The first kappa shape index (κ1) is 14.9. The number of rotatable bonds is 4. The molecule has 0 fully saturated rings. The summed E-state index contributed by atoms with van der Waals surface area (Å²) in [6.07, 6.45) is 6.02. The molecule has 0 N–H and O–H groups in total. The molecule has 23 heavy (non-hydrogen) atoms. The summed E-state index contributed by atoms with van der Waals surface area (Å²) in [6.45, 7) is 1.74. The van der Waals surface area contributed by atoms with Crippen LogP contribution < -0.4 is 0 Å². The van der Waals surface area contributed by atoms with Crippen LogP contribution in [-0.2, 0) is 4.74 Å². The lowest BCUT2D eigenvalue weighted by Crippen LogP contribution is -2.13. The summed E-state index contributed by atoms with van der Waals surface area (Å²) in [5, 5.41) is 4.07. The van der Waals surface area contributed by atoms with E-state index in [1.165, 1.54) is 16.8 Å². The van der Waals surface area contributed by atoms with Gasteiger partial charge in [0.25, 0.3) is 0 Å². The number of carbonyl (C=O) groups is 1. The first-order valence-corrected chi connectivity index (χ1v) is 7.05. The highest BCUT2D eigenvalue weighted by atomic mass is 19.1. The van der Waals surface area contributed by atoms with Crippen LogP contribution in [0, 0.1) is 5.82 Å².